The van der Waals surface area contributed by atoms with Crippen LogP contribution >= 0.6 is 11.8 Å². The van der Waals surface area contributed by atoms with E-state index in [4.69, 9.17) is 0 Å². The average molecular weight is 591 g/mol. The summed E-state index contributed by atoms with van der Waals surface area (Å²) in [5.41, 5.74) is 7.52. The van der Waals surface area contributed by atoms with Gasteiger partial charge in [-0.25, -0.2) is 0 Å². The molecule has 1 aromatic heterocycles. The number of thioether (sulfide) groups is 1. The van der Waals surface area contributed by atoms with Crippen LogP contribution in [0.1, 0.15) is 48.5 Å². The van der Waals surface area contributed by atoms with Crippen LogP contribution in [0.15, 0.2) is 51.9 Å². The molecule has 0 saturated carbocycles. The second kappa shape index (κ2) is 10.9. The van der Waals surface area contributed by atoms with Crippen LogP contribution in [0.5, 0.6) is 0 Å². The first kappa shape index (κ1) is 27.2. The molecule has 2 aromatic carbocycles. The van der Waals surface area contributed by atoms with Gasteiger partial charge in [0.2, 0.25) is 0 Å². The fourth-order valence-corrected chi connectivity index (χ4v) is 9.06. The molecular weight excluding hydrogens is 555 g/mol. The summed E-state index contributed by atoms with van der Waals surface area (Å²) >= 11 is 1.96. The zero-order valence-electron chi connectivity index (χ0n) is 21.8. The van der Waals surface area contributed by atoms with Crippen molar-refractivity contribution in [3.8, 4) is 0 Å². The topological polar surface area (TPSA) is 61.5 Å². The van der Waals surface area contributed by atoms with Gasteiger partial charge in [-0.05, 0) is 0 Å². The standard InChI is InChI=1S/C28H34N2O3S2Se/c1-7-22(14-27-29(8-2)23-12-20(5)21(6)13-25(23)34-27)15-28-30(16-19(4)17-35(31,32)33)24-11-18(3)9-10-26(24)36-28/h9-15,19H,7-8,16-17H2,1-6H3/p+1. The minimum atomic E-state index is -4.02. The summed E-state index contributed by atoms with van der Waals surface area (Å²) in [4.78, 5) is 3.70. The van der Waals surface area contributed by atoms with Crippen molar-refractivity contribution in [1.29, 1.82) is 0 Å². The Morgan fingerprint density at radius 3 is 2.56 bits per heavy atom. The van der Waals surface area contributed by atoms with Gasteiger partial charge in [0.15, 0.2) is 0 Å². The molecule has 0 saturated heterocycles. The van der Waals surface area contributed by atoms with Crippen molar-refractivity contribution < 1.29 is 17.5 Å². The number of benzene rings is 2. The summed E-state index contributed by atoms with van der Waals surface area (Å²) in [5.74, 6) is -0.436. The normalized spacial score (nSPS) is 16.2. The minimum absolute atomic E-state index is 0.129. The Balaban J connectivity index is 1.75. The monoisotopic (exact) mass is 591 g/mol. The first-order valence-electron chi connectivity index (χ1n) is 12.4. The van der Waals surface area contributed by atoms with E-state index in [-0.39, 0.29) is 26.2 Å². The van der Waals surface area contributed by atoms with E-state index in [2.05, 4.69) is 86.6 Å². The molecule has 0 amide bonds. The average Bonchev–Trinajstić information content (AvgIpc) is 3.28. The van der Waals surface area contributed by atoms with Crippen LogP contribution in [0.3, 0.4) is 0 Å². The van der Waals surface area contributed by atoms with Gasteiger partial charge in [0.1, 0.15) is 0 Å². The molecule has 3 aromatic rings. The Morgan fingerprint density at radius 1 is 1.17 bits per heavy atom. The summed E-state index contributed by atoms with van der Waals surface area (Å²) in [6.45, 7) is 14.2. The van der Waals surface area contributed by atoms with Gasteiger partial charge < -0.3 is 0 Å². The van der Waals surface area contributed by atoms with E-state index in [0.717, 1.165) is 18.5 Å². The number of hydrogen-bond acceptors (Lipinski definition) is 4. The predicted molar refractivity (Wildman–Crippen MR) is 153 cm³/mol. The van der Waals surface area contributed by atoms with E-state index in [1.807, 2.05) is 18.7 Å². The molecule has 0 radical (unpaired) electrons. The zero-order valence-corrected chi connectivity index (χ0v) is 25.2. The molecule has 8 heteroatoms. The van der Waals surface area contributed by atoms with Crippen molar-refractivity contribution in [3.05, 3.63) is 68.3 Å². The van der Waals surface area contributed by atoms with Gasteiger partial charge in [-0.3, -0.25) is 0 Å². The SMILES string of the molecule is CCC(/C=C1\Sc2cc(C)c(C)cc2N1CC)=C\c1[se]c2ccc(C)cc2[n+]1CC(C)CS(=O)(=O)O. The van der Waals surface area contributed by atoms with Gasteiger partial charge in [0.25, 0.3) is 0 Å². The van der Waals surface area contributed by atoms with E-state index in [1.165, 1.54) is 46.7 Å². The van der Waals surface area contributed by atoms with Gasteiger partial charge in [-0.1, -0.05) is 0 Å². The quantitative estimate of drug-likeness (QED) is 0.201. The van der Waals surface area contributed by atoms with E-state index in [0.29, 0.717) is 6.54 Å². The van der Waals surface area contributed by atoms with Crippen molar-refractivity contribution in [2.75, 3.05) is 17.2 Å². The molecule has 1 aliphatic rings. The number of rotatable bonds is 8. The van der Waals surface area contributed by atoms with Crippen molar-refractivity contribution in [2.24, 2.45) is 5.92 Å². The maximum absolute atomic E-state index is 11.5. The Bertz CT molecular complexity index is 1470. The Kier molecular flexibility index (Phi) is 8.22. The first-order chi connectivity index (χ1) is 17.0. The molecule has 0 fully saturated rings. The number of nitrogens with zero attached hydrogens (tertiary/aromatic N) is 2. The number of allylic oxidation sites excluding steroid dienone is 2. The van der Waals surface area contributed by atoms with Crippen LogP contribution < -0.4 is 9.47 Å². The summed E-state index contributed by atoms with van der Waals surface area (Å²) in [7, 11) is -4.02. The molecule has 1 aliphatic heterocycles. The summed E-state index contributed by atoms with van der Waals surface area (Å²) < 4.78 is 37.2. The number of aryl methyl sites for hydroxylation is 3. The van der Waals surface area contributed by atoms with Crippen LogP contribution in [-0.2, 0) is 16.7 Å². The molecule has 4 rings (SSSR count). The third-order valence-electron chi connectivity index (χ3n) is 6.56. The zero-order chi connectivity index (χ0) is 26.2. The Labute approximate surface area is 225 Å². The number of fused-ring (bicyclic) bond motifs is 2. The molecule has 36 heavy (non-hydrogen) atoms. The van der Waals surface area contributed by atoms with E-state index < -0.39 is 10.1 Å². The van der Waals surface area contributed by atoms with Crippen LogP contribution in [0.2, 0.25) is 0 Å². The first-order valence-corrected chi connectivity index (χ1v) is 16.5. The molecule has 1 N–H and O–H groups in total. The second-order valence-electron chi connectivity index (χ2n) is 9.68. The molecule has 0 bridgehead atoms. The summed E-state index contributed by atoms with van der Waals surface area (Å²) in [5, 5.41) is 1.25. The molecule has 5 nitrogen and oxygen atoms in total. The van der Waals surface area contributed by atoms with Crippen LogP contribution in [-0.4, -0.2) is 39.8 Å². The van der Waals surface area contributed by atoms with Gasteiger partial charge in [-0.15, -0.1) is 0 Å². The van der Waals surface area contributed by atoms with Crippen LogP contribution in [0.25, 0.3) is 15.9 Å². The Morgan fingerprint density at radius 2 is 1.89 bits per heavy atom. The van der Waals surface area contributed by atoms with Crippen LogP contribution in [0.4, 0.5) is 5.69 Å². The van der Waals surface area contributed by atoms with E-state index >= 15 is 0 Å². The van der Waals surface area contributed by atoms with Gasteiger partial charge in [0.05, 0.1) is 0 Å². The van der Waals surface area contributed by atoms with Gasteiger partial charge >= 0.3 is 226 Å². The predicted octanol–water partition coefficient (Wildman–Crippen LogP) is 5.90. The molecule has 192 valence electrons. The summed E-state index contributed by atoms with van der Waals surface area (Å²) in [6, 6.07) is 11.1. The third kappa shape index (κ3) is 6.00. The fourth-order valence-electron chi connectivity index (χ4n) is 4.58. The number of anilines is 1. The molecule has 0 aliphatic carbocycles. The third-order valence-corrected chi connectivity index (χ3v) is 11.0. The van der Waals surface area contributed by atoms with E-state index in [9.17, 15) is 13.0 Å². The fraction of sp³-hybridized carbons (Fsp3) is 0.393. The molecule has 0 spiro atoms. The van der Waals surface area contributed by atoms with Crippen molar-refractivity contribution in [1.82, 2.24) is 0 Å². The van der Waals surface area contributed by atoms with E-state index in [1.54, 1.807) is 0 Å². The number of aromatic nitrogens is 1. The molecular formula is C28H35N2O3S2Se+. The second-order valence-corrected chi connectivity index (χ2v) is 14.5. The number of hydrogen-bond donors (Lipinski definition) is 1. The maximum atomic E-state index is 11.5. The van der Waals surface area contributed by atoms with Gasteiger partial charge in [-0.2, -0.15) is 0 Å². The van der Waals surface area contributed by atoms with Crippen molar-refractivity contribution in [2.45, 2.75) is 59.4 Å². The van der Waals surface area contributed by atoms with Crippen molar-refractivity contribution >= 4 is 57.9 Å². The van der Waals surface area contributed by atoms with Crippen molar-refractivity contribution in [3.63, 3.8) is 0 Å². The molecule has 1 unspecified atom stereocenters. The van der Waals surface area contributed by atoms with Crippen LogP contribution in [0, 0.1) is 26.7 Å². The Hall–Kier alpha value is -1.83. The van der Waals surface area contributed by atoms with Gasteiger partial charge in [0, 0.05) is 0 Å². The molecule has 1 atom stereocenters. The summed E-state index contributed by atoms with van der Waals surface area (Å²) in [6.07, 6.45) is 5.52. The molecule has 2 heterocycles.